The summed E-state index contributed by atoms with van der Waals surface area (Å²) in [4.78, 5) is 16.0. The molecule has 1 heterocycles. The summed E-state index contributed by atoms with van der Waals surface area (Å²) < 4.78 is 4.48. The summed E-state index contributed by atoms with van der Waals surface area (Å²) in [5.74, 6) is -1.12. The van der Waals surface area contributed by atoms with Gasteiger partial charge in [-0.3, -0.25) is 0 Å². The van der Waals surface area contributed by atoms with Gasteiger partial charge in [-0.1, -0.05) is 5.16 Å². The van der Waals surface area contributed by atoms with Crippen molar-refractivity contribution in [2.45, 2.75) is 6.42 Å². The standard InChI is InChI=1S/C7H11N3O3/c1-10(2)4-3-5-8-6(7(11)12)13-9-5/h3-4H2,1-2H3,(H,11,12). The zero-order chi connectivity index (χ0) is 9.84. The predicted octanol–water partition coefficient (Wildman–Crippen LogP) is -0.128. The lowest BCUT2D eigenvalue weighted by Crippen LogP contribution is -2.15. The zero-order valence-electron chi connectivity index (χ0n) is 7.52. The van der Waals surface area contributed by atoms with Crippen LogP contribution >= 0.6 is 0 Å². The van der Waals surface area contributed by atoms with Crippen LogP contribution in [-0.4, -0.2) is 46.8 Å². The number of aromatic nitrogens is 2. The number of nitrogens with zero attached hydrogens (tertiary/aromatic N) is 3. The number of carboxylic acid groups (broad SMARTS) is 1. The van der Waals surface area contributed by atoms with E-state index in [-0.39, 0.29) is 5.89 Å². The molecular weight excluding hydrogens is 174 g/mol. The first-order valence-electron chi connectivity index (χ1n) is 3.80. The van der Waals surface area contributed by atoms with Gasteiger partial charge in [-0.15, -0.1) is 0 Å². The highest BCUT2D eigenvalue weighted by molar-refractivity contribution is 5.81. The predicted molar refractivity (Wildman–Crippen MR) is 43.5 cm³/mol. The molecule has 0 aromatic carbocycles. The molecule has 6 heteroatoms. The molecule has 0 radical (unpaired) electrons. The normalized spacial score (nSPS) is 10.7. The summed E-state index contributed by atoms with van der Waals surface area (Å²) in [6, 6.07) is 0. The number of hydrogen-bond donors (Lipinski definition) is 1. The third kappa shape index (κ3) is 2.83. The maximum Gasteiger partial charge on any atom is 0.394 e. The van der Waals surface area contributed by atoms with Crippen molar-refractivity contribution in [2.75, 3.05) is 20.6 Å². The largest absolute Gasteiger partial charge is 0.474 e. The summed E-state index contributed by atoms with van der Waals surface area (Å²) in [6.45, 7) is 0.762. The van der Waals surface area contributed by atoms with Gasteiger partial charge in [0.2, 0.25) is 0 Å². The second-order valence-electron chi connectivity index (χ2n) is 2.87. The number of rotatable bonds is 4. The second-order valence-corrected chi connectivity index (χ2v) is 2.87. The Hall–Kier alpha value is -1.43. The van der Waals surface area contributed by atoms with Crippen LogP contribution in [0.1, 0.15) is 16.5 Å². The molecule has 13 heavy (non-hydrogen) atoms. The van der Waals surface area contributed by atoms with Crippen LogP contribution in [0.3, 0.4) is 0 Å². The van der Waals surface area contributed by atoms with Crippen molar-refractivity contribution >= 4 is 5.97 Å². The van der Waals surface area contributed by atoms with E-state index in [1.54, 1.807) is 0 Å². The van der Waals surface area contributed by atoms with Gasteiger partial charge in [0.05, 0.1) is 0 Å². The molecule has 1 aromatic rings. The van der Waals surface area contributed by atoms with E-state index >= 15 is 0 Å². The third-order valence-electron chi connectivity index (χ3n) is 1.43. The second kappa shape index (κ2) is 3.99. The molecule has 0 atom stereocenters. The minimum absolute atomic E-state index is 0.353. The molecule has 72 valence electrons. The fourth-order valence-corrected chi connectivity index (χ4v) is 0.766. The van der Waals surface area contributed by atoms with Gasteiger partial charge in [0.1, 0.15) is 0 Å². The maximum absolute atomic E-state index is 10.3. The summed E-state index contributed by atoms with van der Waals surface area (Å²) in [5, 5.41) is 12.0. The topological polar surface area (TPSA) is 79.5 Å². The number of hydrogen-bond acceptors (Lipinski definition) is 5. The Morgan fingerprint density at radius 3 is 2.77 bits per heavy atom. The van der Waals surface area contributed by atoms with Crippen molar-refractivity contribution in [3.63, 3.8) is 0 Å². The Bertz CT molecular complexity index is 295. The zero-order valence-corrected chi connectivity index (χ0v) is 7.52. The van der Waals surface area contributed by atoms with Gasteiger partial charge in [-0.2, -0.15) is 4.98 Å². The first-order chi connectivity index (χ1) is 6.09. The van der Waals surface area contributed by atoms with E-state index in [0.29, 0.717) is 12.2 Å². The van der Waals surface area contributed by atoms with E-state index < -0.39 is 5.97 Å². The van der Waals surface area contributed by atoms with E-state index in [0.717, 1.165) is 6.54 Å². The highest BCUT2D eigenvalue weighted by Crippen LogP contribution is 1.98. The van der Waals surface area contributed by atoms with E-state index in [4.69, 9.17) is 5.11 Å². The van der Waals surface area contributed by atoms with Gasteiger partial charge in [-0.05, 0) is 14.1 Å². The van der Waals surface area contributed by atoms with E-state index in [1.165, 1.54) is 0 Å². The van der Waals surface area contributed by atoms with E-state index in [2.05, 4.69) is 14.7 Å². The minimum Gasteiger partial charge on any atom is -0.474 e. The van der Waals surface area contributed by atoms with Crippen LogP contribution < -0.4 is 0 Å². The Morgan fingerprint density at radius 2 is 2.31 bits per heavy atom. The molecule has 0 saturated heterocycles. The van der Waals surface area contributed by atoms with Gasteiger partial charge in [-0.25, -0.2) is 4.79 Å². The number of aromatic carboxylic acids is 1. The SMILES string of the molecule is CN(C)CCc1noc(C(=O)O)n1. The van der Waals surface area contributed by atoms with E-state index in [1.807, 2.05) is 19.0 Å². The van der Waals surface area contributed by atoms with Crippen LogP contribution in [0, 0.1) is 0 Å². The summed E-state index contributed by atoms with van der Waals surface area (Å²) in [6.07, 6.45) is 0.587. The highest BCUT2D eigenvalue weighted by atomic mass is 16.5. The molecule has 0 aliphatic rings. The van der Waals surface area contributed by atoms with Crippen molar-refractivity contribution in [3.8, 4) is 0 Å². The smallest absolute Gasteiger partial charge is 0.394 e. The Labute approximate surface area is 75.2 Å². The Morgan fingerprint density at radius 1 is 1.62 bits per heavy atom. The molecular formula is C7H11N3O3. The van der Waals surface area contributed by atoms with Crippen LogP contribution in [0.5, 0.6) is 0 Å². The maximum atomic E-state index is 10.3. The van der Waals surface area contributed by atoms with Crippen molar-refractivity contribution < 1.29 is 14.4 Å². The minimum atomic E-state index is -1.19. The lowest BCUT2D eigenvalue weighted by molar-refractivity contribution is 0.0643. The summed E-state index contributed by atoms with van der Waals surface area (Å²) in [7, 11) is 3.83. The van der Waals surface area contributed by atoms with Crippen molar-refractivity contribution in [2.24, 2.45) is 0 Å². The molecule has 0 bridgehead atoms. The lowest BCUT2D eigenvalue weighted by atomic mass is 10.4. The molecule has 0 unspecified atom stereocenters. The molecule has 1 aromatic heterocycles. The Balaban J connectivity index is 2.54. The molecule has 0 aliphatic heterocycles. The Kier molecular flexibility index (Phi) is 2.97. The molecule has 1 rings (SSSR count). The fraction of sp³-hybridized carbons (Fsp3) is 0.571. The van der Waals surface area contributed by atoms with Crippen molar-refractivity contribution in [1.29, 1.82) is 0 Å². The van der Waals surface area contributed by atoms with Crippen molar-refractivity contribution in [1.82, 2.24) is 15.0 Å². The molecule has 0 spiro atoms. The highest BCUT2D eigenvalue weighted by Gasteiger charge is 2.12. The lowest BCUT2D eigenvalue weighted by Gasteiger charge is -2.05. The average Bonchev–Trinajstić information content (AvgIpc) is 2.48. The first-order valence-corrected chi connectivity index (χ1v) is 3.80. The number of carbonyl (C=O) groups is 1. The van der Waals surface area contributed by atoms with Crippen molar-refractivity contribution in [3.05, 3.63) is 11.7 Å². The average molecular weight is 185 g/mol. The quantitative estimate of drug-likeness (QED) is 0.704. The third-order valence-corrected chi connectivity index (χ3v) is 1.43. The first kappa shape index (κ1) is 9.66. The monoisotopic (exact) mass is 185 g/mol. The summed E-state index contributed by atoms with van der Waals surface area (Å²) >= 11 is 0. The van der Waals surface area contributed by atoms with Crippen LogP contribution in [-0.2, 0) is 6.42 Å². The van der Waals surface area contributed by atoms with Crippen LogP contribution in [0.15, 0.2) is 4.52 Å². The molecule has 0 aliphatic carbocycles. The summed E-state index contributed by atoms with van der Waals surface area (Å²) in [5.41, 5.74) is 0. The van der Waals surface area contributed by atoms with Crippen LogP contribution in [0.2, 0.25) is 0 Å². The molecule has 1 N–H and O–H groups in total. The van der Waals surface area contributed by atoms with Gasteiger partial charge in [0, 0.05) is 13.0 Å². The van der Waals surface area contributed by atoms with Crippen LogP contribution in [0.4, 0.5) is 0 Å². The van der Waals surface area contributed by atoms with Gasteiger partial charge < -0.3 is 14.5 Å². The number of carboxylic acids is 1. The molecule has 6 nitrogen and oxygen atoms in total. The fourth-order valence-electron chi connectivity index (χ4n) is 0.766. The molecule has 0 saturated carbocycles. The number of likely N-dealkylation sites (N-methyl/N-ethyl adjacent to an activating group) is 1. The van der Waals surface area contributed by atoms with Gasteiger partial charge in [0.25, 0.3) is 0 Å². The molecule has 0 amide bonds. The van der Waals surface area contributed by atoms with E-state index in [9.17, 15) is 4.79 Å². The molecule has 0 fully saturated rings. The van der Waals surface area contributed by atoms with Gasteiger partial charge >= 0.3 is 11.9 Å². The van der Waals surface area contributed by atoms with Crippen LogP contribution in [0.25, 0.3) is 0 Å². The van der Waals surface area contributed by atoms with Gasteiger partial charge in [0.15, 0.2) is 5.82 Å².